The quantitative estimate of drug-likeness (QED) is 0.698. The highest BCUT2D eigenvalue weighted by molar-refractivity contribution is 6.31. The number of cyclic esters (lactones) is 1. The van der Waals surface area contributed by atoms with Crippen LogP contribution in [0.4, 0.5) is 13.6 Å². The lowest BCUT2D eigenvalue weighted by molar-refractivity contribution is -0.124. The highest BCUT2D eigenvalue weighted by Gasteiger charge is 2.40. The summed E-state index contributed by atoms with van der Waals surface area (Å²) in [6.45, 7) is -0.131. The van der Waals surface area contributed by atoms with Crippen molar-refractivity contribution in [3.63, 3.8) is 0 Å². The van der Waals surface area contributed by atoms with Crippen molar-refractivity contribution in [1.82, 2.24) is 4.90 Å². The van der Waals surface area contributed by atoms with Gasteiger partial charge in [-0.05, 0) is 36.6 Å². The van der Waals surface area contributed by atoms with Crippen molar-refractivity contribution < 1.29 is 23.1 Å². The van der Waals surface area contributed by atoms with Gasteiger partial charge in [0.2, 0.25) is 0 Å². The number of nitrogens with two attached hydrogens (primary N) is 1. The Morgan fingerprint density at radius 3 is 2.50 bits per heavy atom. The van der Waals surface area contributed by atoms with Crippen LogP contribution in [-0.4, -0.2) is 29.5 Å². The van der Waals surface area contributed by atoms with E-state index in [2.05, 4.69) is 0 Å². The van der Waals surface area contributed by atoms with Crippen LogP contribution in [0.5, 0.6) is 0 Å². The van der Waals surface area contributed by atoms with Gasteiger partial charge in [0, 0.05) is 10.6 Å². The first-order valence-corrected chi connectivity index (χ1v) is 9.18. The third-order valence-electron chi connectivity index (χ3n) is 4.58. The van der Waals surface area contributed by atoms with Gasteiger partial charge in [-0.2, -0.15) is 0 Å². The van der Waals surface area contributed by atoms with E-state index in [-0.39, 0.29) is 18.5 Å². The highest BCUT2D eigenvalue weighted by Crippen LogP contribution is 2.35. The predicted octanol–water partition coefficient (Wildman–Crippen LogP) is 4.25. The first kappa shape index (κ1) is 20.4. The van der Waals surface area contributed by atoms with Crippen LogP contribution in [0.25, 0.3) is 0 Å². The number of rotatable bonds is 6. The molecule has 2 N–H and O–H groups in total. The van der Waals surface area contributed by atoms with Crippen molar-refractivity contribution in [2.75, 3.05) is 6.54 Å². The maximum absolute atomic E-state index is 14.7. The molecule has 148 valence electrons. The summed E-state index contributed by atoms with van der Waals surface area (Å²) < 4.78 is 33.2. The van der Waals surface area contributed by atoms with E-state index in [9.17, 15) is 18.4 Å². The second kappa shape index (κ2) is 8.32. The van der Waals surface area contributed by atoms with Crippen LogP contribution in [-0.2, 0) is 16.0 Å². The fraction of sp³-hybridized carbons (Fsp3) is 0.263. The number of nitrogens with zero attached hydrogens (tertiary/aromatic N) is 1. The summed E-state index contributed by atoms with van der Waals surface area (Å²) in [5, 5.41) is -0.0860. The van der Waals surface area contributed by atoms with Crippen LogP contribution in [0.1, 0.15) is 23.6 Å². The molecule has 1 aliphatic heterocycles. The first-order chi connectivity index (χ1) is 13.3. The summed E-state index contributed by atoms with van der Waals surface area (Å²) in [7, 11) is 0. The molecule has 1 fully saturated rings. The molecule has 1 heterocycles. The van der Waals surface area contributed by atoms with Gasteiger partial charge in [-0.15, -0.1) is 0 Å². The van der Waals surface area contributed by atoms with E-state index in [1.807, 2.05) is 12.1 Å². The van der Waals surface area contributed by atoms with Gasteiger partial charge in [-0.3, -0.25) is 9.69 Å². The number of amides is 2. The number of benzene rings is 2. The lowest BCUT2D eigenvalue weighted by Gasteiger charge is -2.27. The Kier molecular flexibility index (Phi) is 6.05. The summed E-state index contributed by atoms with van der Waals surface area (Å²) in [4.78, 5) is 24.9. The van der Waals surface area contributed by atoms with Gasteiger partial charge in [-0.25, -0.2) is 13.6 Å². The number of primary amides is 1. The van der Waals surface area contributed by atoms with Gasteiger partial charge in [0.15, 0.2) is 6.10 Å². The number of carbonyl (C=O) groups excluding carboxylic acids is 2. The minimum atomic E-state index is -1.13. The third-order valence-corrected chi connectivity index (χ3v) is 5.18. The minimum Gasteiger partial charge on any atom is -0.434 e. The van der Waals surface area contributed by atoms with Crippen LogP contribution in [0.3, 0.4) is 0 Å². The average molecular weight is 429 g/mol. The first-order valence-electron chi connectivity index (χ1n) is 8.42. The number of hydrogen-bond donors (Lipinski definition) is 1. The largest absolute Gasteiger partial charge is 0.434 e. The molecule has 1 aliphatic rings. The van der Waals surface area contributed by atoms with E-state index >= 15 is 0 Å². The molecule has 2 amide bonds. The van der Waals surface area contributed by atoms with Gasteiger partial charge in [0.25, 0.3) is 5.91 Å². The van der Waals surface area contributed by atoms with Crippen LogP contribution < -0.4 is 5.73 Å². The molecule has 0 saturated carbocycles. The number of ether oxygens (including phenoxy) is 1. The number of carbonyl (C=O) groups is 2. The van der Waals surface area contributed by atoms with Crippen LogP contribution in [0, 0.1) is 11.6 Å². The van der Waals surface area contributed by atoms with Crippen molar-refractivity contribution in [2.24, 2.45) is 5.73 Å². The van der Waals surface area contributed by atoms with Crippen molar-refractivity contribution >= 4 is 35.2 Å². The Hall–Kier alpha value is -2.38. The Bertz CT molecular complexity index is 909. The van der Waals surface area contributed by atoms with Crippen LogP contribution in [0.2, 0.25) is 10.0 Å². The van der Waals surface area contributed by atoms with Gasteiger partial charge in [0.05, 0.1) is 12.6 Å². The average Bonchev–Trinajstić information content (AvgIpc) is 3.05. The normalized spacial score (nSPS) is 17.5. The Morgan fingerprint density at radius 1 is 1.21 bits per heavy atom. The molecule has 0 aromatic heterocycles. The molecule has 1 unspecified atom stereocenters. The zero-order chi connectivity index (χ0) is 20.4. The van der Waals surface area contributed by atoms with Crippen molar-refractivity contribution in [3.05, 3.63) is 69.2 Å². The van der Waals surface area contributed by atoms with Gasteiger partial charge in [0.1, 0.15) is 16.7 Å². The zero-order valence-corrected chi connectivity index (χ0v) is 16.0. The standard InChI is InChI=1S/C19H16Cl2F2N2O3/c20-11-4-1-10(2-5-11)3-8-14(12-6-7-13(22)16(21)17(12)23)25-9-15(18(24)26)28-19(25)27/h1-2,4-7,14-15H,3,8-9H2,(H2,24,26)/t14-,15?/m0/s1. The molecule has 28 heavy (non-hydrogen) atoms. The molecule has 2 atom stereocenters. The molecule has 0 spiro atoms. The smallest absolute Gasteiger partial charge is 0.411 e. The summed E-state index contributed by atoms with van der Waals surface area (Å²) in [6.07, 6.45) is -1.20. The van der Waals surface area contributed by atoms with E-state index in [1.165, 1.54) is 11.0 Å². The van der Waals surface area contributed by atoms with Crippen molar-refractivity contribution in [1.29, 1.82) is 0 Å². The van der Waals surface area contributed by atoms with Crippen LogP contribution >= 0.6 is 23.2 Å². The third kappa shape index (κ3) is 4.20. The van der Waals surface area contributed by atoms with E-state index in [1.54, 1.807) is 12.1 Å². The monoisotopic (exact) mass is 428 g/mol. The summed E-state index contributed by atoms with van der Waals surface area (Å²) in [5.41, 5.74) is 6.15. The SMILES string of the molecule is NC(=O)C1CN([C@@H](CCc2ccc(Cl)cc2)c2ccc(F)c(Cl)c2F)C(=O)O1. The number of hydrogen-bond acceptors (Lipinski definition) is 3. The summed E-state index contributed by atoms with van der Waals surface area (Å²) in [5.74, 6) is -2.67. The minimum absolute atomic E-state index is 0.0300. The molecular weight excluding hydrogens is 413 g/mol. The fourth-order valence-corrected chi connectivity index (χ4v) is 3.41. The maximum atomic E-state index is 14.7. The van der Waals surface area contributed by atoms with E-state index < -0.39 is 40.8 Å². The molecular formula is C19H16Cl2F2N2O3. The Morgan fingerprint density at radius 2 is 1.89 bits per heavy atom. The second-order valence-electron chi connectivity index (χ2n) is 6.37. The fourth-order valence-electron chi connectivity index (χ4n) is 3.11. The molecule has 0 radical (unpaired) electrons. The summed E-state index contributed by atoms with van der Waals surface area (Å²) in [6, 6.07) is 8.48. The second-order valence-corrected chi connectivity index (χ2v) is 7.19. The van der Waals surface area contributed by atoms with Gasteiger partial charge >= 0.3 is 6.09 Å². The molecule has 5 nitrogen and oxygen atoms in total. The highest BCUT2D eigenvalue weighted by atomic mass is 35.5. The molecule has 0 aliphatic carbocycles. The van der Waals surface area contributed by atoms with E-state index in [4.69, 9.17) is 33.7 Å². The molecule has 3 rings (SSSR count). The van der Waals surface area contributed by atoms with E-state index in [0.29, 0.717) is 11.4 Å². The van der Waals surface area contributed by atoms with Crippen LogP contribution in [0.15, 0.2) is 36.4 Å². The topological polar surface area (TPSA) is 72.6 Å². The number of halogens is 4. The molecule has 2 aromatic rings. The number of aryl methyl sites for hydroxylation is 1. The van der Waals surface area contributed by atoms with E-state index in [0.717, 1.165) is 11.6 Å². The van der Waals surface area contributed by atoms with Crippen molar-refractivity contribution in [3.8, 4) is 0 Å². The molecule has 2 aromatic carbocycles. The molecule has 0 bridgehead atoms. The van der Waals surface area contributed by atoms with Gasteiger partial charge < -0.3 is 10.5 Å². The Balaban J connectivity index is 1.92. The molecule has 1 saturated heterocycles. The van der Waals surface area contributed by atoms with Gasteiger partial charge in [-0.1, -0.05) is 41.4 Å². The molecule has 9 heteroatoms. The van der Waals surface area contributed by atoms with Crippen molar-refractivity contribution in [2.45, 2.75) is 25.0 Å². The maximum Gasteiger partial charge on any atom is 0.411 e. The predicted molar refractivity (Wildman–Crippen MR) is 100 cm³/mol. The Labute approximate surface area is 170 Å². The summed E-state index contributed by atoms with van der Waals surface area (Å²) >= 11 is 11.6. The lowest BCUT2D eigenvalue weighted by atomic mass is 9.97. The zero-order valence-electron chi connectivity index (χ0n) is 14.5. The lowest BCUT2D eigenvalue weighted by Crippen LogP contribution is -2.35.